The Balaban J connectivity index is -0.0000000800. The molecule has 0 saturated carbocycles. The summed E-state index contributed by atoms with van der Waals surface area (Å²) in [5.41, 5.74) is 0. The Morgan fingerprint density at radius 3 is 1.29 bits per heavy atom. The third-order valence-electron chi connectivity index (χ3n) is 0. The fourth-order valence-corrected chi connectivity index (χ4v) is 0. The number of rotatable bonds is 0. The van der Waals surface area contributed by atoms with Crippen LogP contribution in [0.3, 0.4) is 0 Å². The van der Waals surface area contributed by atoms with Gasteiger partial charge in [0.1, 0.15) is 0 Å². The standard InChI is InChI=1S/2K.H2O3SSe/c;;1-4(2,3)5/h;;(H2,1,2,3,5)/q2*+1;/p-2. The van der Waals surface area contributed by atoms with E-state index in [1.165, 1.54) is 14.9 Å². The Bertz CT molecular complexity index is 96.1. The van der Waals surface area contributed by atoms with Gasteiger partial charge in [0.25, 0.3) is 0 Å². The zero-order chi connectivity index (χ0) is 4.50. The molecule has 0 atom stereocenters. The Kier molecular flexibility index (Phi) is 18.9. The van der Waals surface area contributed by atoms with E-state index in [1.54, 1.807) is 0 Å². The second-order valence-electron chi connectivity index (χ2n) is 0.408. The van der Waals surface area contributed by atoms with Gasteiger partial charge in [0.2, 0.25) is 0 Å². The van der Waals surface area contributed by atoms with Crippen LogP contribution in [0.1, 0.15) is 0 Å². The van der Waals surface area contributed by atoms with Crippen molar-refractivity contribution in [1.29, 1.82) is 0 Å². The summed E-state index contributed by atoms with van der Waals surface area (Å²) in [6.07, 6.45) is 0. The molecular weight excluding hydrogens is 237 g/mol. The Hall–Kier alpha value is 3.70. The van der Waals surface area contributed by atoms with Crippen molar-refractivity contribution in [2.45, 2.75) is 0 Å². The summed E-state index contributed by atoms with van der Waals surface area (Å²) in [6, 6.07) is 0. The molecular formula is K2O3SSe. The molecule has 0 heterocycles. The van der Waals surface area contributed by atoms with Gasteiger partial charge in [-0.3, -0.25) is 0 Å². The minimum Gasteiger partial charge on any atom is 1.00 e. The fraction of sp³-hybridized carbons (Fsp3) is 0. The van der Waals surface area contributed by atoms with Gasteiger partial charge in [0, 0.05) is 0 Å². The summed E-state index contributed by atoms with van der Waals surface area (Å²) < 4.78 is 27.1. The van der Waals surface area contributed by atoms with Gasteiger partial charge in [0.15, 0.2) is 0 Å². The third kappa shape index (κ3) is 42.0. The molecule has 0 aliphatic rings. The van der Waals surface area contributed by atoms with Crippen LogP contribution in [0, 0.1) is 0 Å². The van der Waals surface area contributed by atoms with Gasteiger partial charge in [-0.2, -0.15) is 0 Å². The maximum Gasteiger partial charge on any atom is 1.00 e. The fourth-order valence-electron chi connectivity index (χ4n) is 0. The smallest absolute Gasteiger partial charge is 1.00 e. The van der Waals surface area contributed by atoms with Crippen molar-refractivity contribution in [3.8, 4) is 0 Å². The van der Waals surface area contributed by atoms with Gasteiger partial charge in [-0.1, -0.05) is 0 Å². The number of hydrogen-bond acceptors (Lipinski definition) is 3. The molecule has 0 rings (SSSR count). The van der Waals surface area contributed by atoms with Gasteiger partial charge < -0.3 is 0 Å². The summed E-state index contributed by atoms with van der Waals surface area (Å²) in [7, 11) is -4.04. The van der Waals surface area contributed by atoms with Crippen molar-refractivity contribution in [3.05, 3.63) is 0 Å². The Labute approximate surface area is 135 Å². The average molecular weight is 237 g/mol. The van der Waals surface area contributed by atoms with Crippen LogP contribution in [0.4, 0.5) is 0 Å². The summed E-state index contributed by atoms with van der Waals surface area (Å²) in [4.78, 5) is 0. The summed E-state index contributed by atoms with van der Waals surface area (Å²) in [5, 5.41) is 0. The Morgan fingerprint density at radius 2 is 1.29 bits per heavy atom. The SMILES string of the molecule is O=S(=O)([O-])[Se-].[K+].[K+]. The van der Waals surface area contributed by atoms with E-state index in [9.17, 15) is 0 Å². The molecule has 0 saturated heterocycles. The molecule has 0 aromatic carbocycles. The first kappa shape index (κ1) is 17.0. The van der Waals surface area contributed by atoms with E-state index in [1.807, 2.05) is 0 Å². The molecule has 0 aliphatic carbocycles. The average Bonchev–Trinajstić information content (AvgIpc) is 0.722. The molecule has 7 heteroatoms. The van der Waals surface area contributed by atoms with Crippen LogP contribution in [0.15, 0.2) is 0 Å². The first-order valence-electron chi connectivity index (χ1n) is 0.667. The van der Waals surface area contributed by atoms with Crippen LogP contribution < -0.4 is 103 Å². The molecule has 32 valence electrons. The molecule has 0 spiro atoms. The van der Waals surface area contributed by atoms with E-state index in [-0.39, 0.29) is 103 Å². The van der Waals surface area contributed by atoms with Crippen molar-refractivity contribution < 1.29 is 116 Å². The molecule has 0 aromatic heterocycles. The molecule has 3 nitrogen and oxygen atoms in total. The predicted molar refractivity (Wildman–Crippen MR) is 15.5 cm³/mol. The molecule has 0 aromatic rings. The van der Waals surface area contributed by atoms with Crippen molar-refractivity contribution in [1.82, 2.24) is 0 Å². The second kappa shape index (κ2) is 7.81. The van der Waals surface area contributed by atoms with Crippen molar-refractivity contribution >= 4 is 23.4 Å². The van der Waals surface area contributed by atoms with E-state index in [0.29, 0.717) is 0 Å². The minimum absolute atomic E-state index is 0. The van der Waals surface area contributed by atoms with E-state index in [2.05, 4.69) is 0 Å². The zero-order valence-electron chi connectivity index (χ0n) is 4.04. The third-order valence-corrected chi connectivity index (χ3v) is 0. The van der Waals surface area contributed by atoms with E-state index >= 15 is 0 Å². The largest absolute Gasteiger partial charge is 1.00 e. The van der Waals surface area contributed by atoms with E-state index in [0.717, 1.165) is 0 Å². The summed E-state index contributed by atoms with van der Waals surface area (Å²) in [6.45, 7) is 0. The van der Waals surface area contributed by atoms with Crippen molar-refractivity contribution in [2.75, 3.05) is 0 Å². The zero-order valence-corrected chi connectivity index (χ0v) is 12.8. The quantitative estimate of drug-likeness (QED) is 0.311. The maximum atomic E-state index is 9.02. The summed E-state index contributed by atoms with van der Waals surface area (Å²) in [5.74, 6) is 0. The monoisotopic (exact) mass is 238 g/mol. The van der Waals surface area contributed by atoms with Gasteiger partial charge in [-0.25, -0.2) is 0 Å². The Morgan fingerprint density at radius 1 is 1.29 bits per heavy atom. The van der Waals surface area contributed by atoms with Crippen LogP contribution in [-0.2, 0) is 8.54 Å². The molecule has 0 fully saturated rings. The predicted octanol–water partition coefficient (Wildman–Crippen LogP) is -7.38. The van der Waals surface area contributed by atoms with Crippen molar-refractivity contribution in [2.24, 2.45) is 0 Å². The molecule has 0 aliphatic heterocycles. The van der Waals surface area contributed by atoms with Crippen molar-refractivity contribution in [3.63, 3.8) is 0 Å². The molecule has 0 radical (unpaired) electrons. The first-order valence-corrected chi connectivity index (χ1v) is 4.10. The molecule has 0 unspecified atom stereocenters. The topological polar surface area (TPSA) is 57.2 Å². The van der Waals surface area contributed by atoms with Crippen LogP contribution in [0.25, 0.3) is 0 Å². The second-order valence-corrected chi connectivity index (χ2v) is 3.79. The van der Waals surface area contributed by atoms with Crippen LogP contribution >= 0.6 is 0 Å². The molecule has 7 heavy (non-hydrogen) atoms. The van der Waals surface area contributed by atoms with Gasteiger partial charge in [-0.05, 0) is 0 Å². The first-order chi connectivity index (χ1) is 2.00. The minimum atomic E-state index is -4.04. The normalized spacial score (nSPS) is 8.29. The molecule has 0 amide bonds. The number of hydrogen-bond donors (Lipinski definition) is 0. The van der Waals surface area contributed by atoms with E-state index < -0.39 is 8.54 Å². The maximum absolute atomic E-state index is 9.02. The van der Waals surface area contributed by atoms with Gasteiger partial charge in [0.05, 0.1) is 0 Å². The van der Waals surface area contributed by atoms with Crippen LogP contribution in [0.2, 0.25) is 0 Å². The van der Waals surface area contributed by atoms with Crippen LogP contribution in [0.5, 0.6) is 0 Å². The molecule has 0 N–H and O–H groups in total. The van der Waals surface area contributed by atoms with E-state index in [4.69, 9.17) is 13.0 Å². The van der Waals surface area contributed by atoms with Gasteiger partial charge >= 0.3 is 139 Å². The van der Waals surface area contributed by atoms with Crippen LogP contribution in [-0.4, -0.2) is 27.9 Å². The molecule has 0 bridgehead atoms. The summed E-state index contributed by atoms with van der Waals surface area (Å²) >= 11 is 1.40. The van der Waals surface area contributed by atoms with Gasteiger partial charge in [-0.15, -0.1) is 0 Å².